The van der Waals surface area contributed by atoms with Gasteiger partial charge in [-0.05, 0) is 57.7 Å². The minimum absolute atomic E-state index is 0.106. The summed E-state index contributed by atoms with van der Waals surface area (Å²) >= 11 is 4.57. The largest absolute Gasteiger partial charge is 0.508 e. The lowest BCUT2D eigenvalue weighted by Crippen LogP contribution is -2.28. The molecule has 0 aliphatic carbocycles. The first-order valence-corrected chi connectivity index (χ1v) is 11.9. The molecule has 4 N–H and O–H groups in total. The molecule has 8 nitrogen and oxygen atoms in total. The van der Waals surface area contributed by atoms with Gasteiger partial charge < -0.3 is 20.8 Å². The number of thiazole rings is 1. The fourth-order valence-electron chi connectivity index (χ4n) is 2.89. The number of benzene rings is 2. The first-order chi connectivity index (χ1) is 16.1. The molecule has 0 fully saturated rings. The highest BCUT2D eigenvalue weighted by molar-refractivity contribution is 9.10. The van der Waals surface area contributed by atoms with E-state index in [1.807, 2.05) is 19.2 Å². The highest BCUT2D eigenvalue weighted by Gasteiger charge is 2.18. The van der Waals surface area contributed by atoms with E-state index in [0.29, 0.717) is 15.0 Å². The van der Waals surface area contributed by atoms with Crippen molar-refractivity contribution in [3.63, 3.8) is 0 Å². The molecule has 3 rings (SSSR count). The molecule has 34 heavy (non-hydrogen) atoms. The van der Waals surface area contributed by atoms with Crippen LogP contribution in [0.25, 0.3) is 6.08 Å². The van der Waals surface area contributed by atoms with Crippen LogP contribution in [0.15, 0.2) is 58.0 Å². The number of carbonyl (C=O) groups is 3. The molecule has 1 heterocycles. The molecule has 0 saturated heterocycles. The Hall–Kier alpha value is -3.50. The van der Waals surface area contributed by atoms with Crippen LogP contribution in [0.1, 0.15) is 56.7 Å². The number of carbonyl (C=O) groups excluding carboxylic acids is 2. The van der Waals surface area contributed by atoms with Crippen molar-refractivity contribution < 1.29 is 24.6 Å². The number of nitrogens with zero attached hydrogens (tertiary/aromatic N) is 1. The molecule has 0 aliphatic heterocycles. The maximum Gasteiger partial charge on any atom is 0.352 e. The van der Waals surface area contributed by atoms with E-state index >= 15 is 0 Å². The monoisotopic (exact) mass is 543 g/mol. The average Bonchev–Trinajstić information content (AvgIpc) is 3.26. The summed E-state index contributed by atoms with van der Waals surface area (Å²) in [5.74, 6) is -2.00. The quantitative estimate of drug-likeness (QED) is 0.309. The van der Waals surface area contributed by atoms with Crippen molar-refractivity contribution >= 4 is 51.1 Å². The minimum atomic E-state index is -1.30. The normalized spacial score (nSPS) is 11.4. The second kappa shape index (κ2) is 11.1. The van der Waals surface area contributed by atoms with Gasteiger partial charge in [0.1, 0.15) is 16.5 Å². The first kappa shape index (κ1) is 25.1. The van der Waals surface area contributed by atoms with Crippen LogP contribution in [0.4, 0.5) is 0 Å². The van der Waals surface area contributed by atoms with Crippen molar-refractivity contribution in [1.29, 1.82) is 0 Å². The first-order valence-electron chi connectivity index (χ1n) is 10.2. The molecule has 2 aromatic carbocycles. The summed E-state index contributed by atoms with van der Waals surface area (Å²) in [6.45, 7) is 4.18. The molecule has 0 atom stereocenters. The van der Waals surface area contributed by atoms with Crippen molar-refractivity contribution in [1.82, 2.24) is 15.6 Å². The number of hydrogen-bond acceptors (Lipinski definition) is 6. The number of aromatic hydroxyl groups is 1. The number of hydrogen-bond donors (Lipinski definition) is 4. The van der Waals surface area contributed by atoms with E-state index in [-0.39, 0.29) is 35.4 Å². The van der Waals surface area contributed by atoms with Gasteiger partial charge in [-0.25, -0.2) is 9.78 Å². The Kier molecular flexibility index (Phi) is 8.19. The molecule has 176 valence electrons. The predicted molar refractivity (Wildman–Crippen MR) is 133 cm³/mol. The SMILES string of the molecule is CC(C)c1csc(/C=C(/NC(=O)c2ccc(C(=O)NCc3cccc(O)c3)cc2Br)C(=O)O)n1. The highest BCUT2D eigenvalue weighted by atomic mass is 79.9. The van der Waals surface area contributed by atoms with Gasteiger partial charge in [0.25, 0.3) is 11.8 Å². The number of halogens is 1. The Morgan fingerprint density at radius 2 is 1.91 bits per heavy atom. The van der Waals surface area contributed by atoms with Crippen LogP contribution in [0, 0.1) is 0 Å². The summed E-state index contributed by atoms with van der Waals surface area (Å²) < 4.78 is 0.330. The average molecular weight is 544 g/mol. The summed E-state index contributed by atoms with van der Waals surface area (Å²) in [6.07, 6.45) is 1.31. The number of phenolic OH excluding ortho intramolecular Hbond substituents is 1. The van der Waals surface area contributed by atoms with Gasteiger partial charge in [0, 0.05) is 28.0 Å². The molecule has 0 unspecified atom stereocenters. The Morgan fingerprint density at radius 3 is 2.53 bits per heavy atom. The van der Waals surface area contributed by atoms with Crippen LogP contribution in [0.5, 0.6) is 5.75 Å². The summed E-state index contributed by atoms with van der Waals surface area (Å²) in [5, 5.41) is 26.5. The molecular weight excluding hydrogens is 522 g/mol. The third-order valence-electron chi connectivity index (χ3n) is 4.72. The number of rotatable bonds is 8. The van der Waals surface area contributed by atoms with Crippen LogP contribution in [-0.4, -0.2) is 33.0 Å². The van der Waals surface area contributed by atoms with Crippen molar-refractivity contribution in [2.24, 2.45) is 0 Å². The Labute approximate surface area is 208 Å². The van der Waals surface area contributed by atoms with Gasteiger partial charge in [-0.3, -0.25) is 9.59 Å². The molecular formula is C24H22BrN3O5S. The predicted octanol–water partition coefficient (Wildman–Crippen LogP) is 4.52. The number of phenols is 1. The van der Waals surface area contributed by atoms with Crippen molar-refractivity contribution in [2.45, 2.75) is 26.3 Å². The molecule has 1 aromatic heterocycles. The van der Waals surface area contributed by atoms with E-state index < -0.39 is 11.9 Å². The van der Waals surface area contributed by atoms with E-state index in [4.69, 9.17) is 0 Å². The number of amides is 2. The number of aromatic nitrogens is 1. The molecule has 3 aromatic rings. The Balaban J connectivity index is 1.71. The van der Waals surface area contributed by atoms with Crippen LogP contribution in [0.2, 0.25) is 0 Å². The van der Waals surface area contributed by atoms with Gasteiger partial charge in [0.15, 0.2) is 0 Å². The van der Waals surface area contributed by atoms with Gasteiger partial charge >= 0.3 is 5.97 Å². The Morgan fingerprint density at radius 1 is 1.15 bits per heavy atom. The number of aliphatic carboxylic acids is 1. The maximum absolute atomic E-state index is 12.7. The van der Waals surface area contributed by atoms with Crippen LogP contribution in [-0.2, 0) is 11.3 Å². The van der Waals surface area contributed by atoms with Crippen molar-refractivity contribution in [2.75, 3.05) is 0 Å². The zero-order valence-electron chi connectivity index (χ0n) is 18.3. The van der Waals surface area contributed by atoms with Crippen LogP contribution in [0.3, 0.4) is 0 Å². The summed E-state index contributed by atoms with van der Waals surface area (Å²) in [6, 6.07) is 10.9. The van der Waals surface area contributed by atoms with E-state index in [1.54, 1.807) is 18.2 Å². The van der Waals surface area contributed by atoms with E-state index in [9.17, 15) is 24.6 Å². The van der Waals surface area contributed by atoms with E-state index in [2.05, 4.69) is 31.5 Å². The molecule has 0 radical (unpaired) electrons. The topological polar surface area (TPSA) is 129 Å². The van der Waals surface area contributed by atoms with Crippen LogP contribution >= 0.6 is 27.3 Å². The van der Waals surface area contributed by atoms with Crippen molar-refractivity contribution in [3.8, 4) is 5.75 Å². The molecule has 0 bridgehead atoms. The summed E-state index contributed by atoms with van der Waals surface area (Å²) in [7, 11) is 0. The van der Waals surface area contributed by atoms with Gasteiger partial charge in [0.2, 0.25) is 0 Å². The van der Waals surface area contributed by atoms with Gasteiger partial charge in [-0.2, -0.15) is 0 Å². The zero-order valence-corrected chi connectivity index (χ0v) is 20.7. The second-order valence-corrected chi connectivity index (χ2v) is 9.37. The third kappa shape index (κ3) is 6.52. The zero-order chi connectivity index (χ0) is 24.8. The number of nitrogens with one attached hydrogen (secondary N) is 2. The highest BCUT2D eigenvalue weighted by Crippen LogP contribution is 2.21. The third-order valence-corrected chi connectivity index (χ3v) is 6.18. The maximum atomic E-state index is 12.7. The minimum Gasteiger partial charge on any atom is -0.508 e. The molecule has 10 heteroatoms. The standard InChI is InChI=1S/C24H22BrN3O5S/c1-13(2)20-12-34-21(27-20)10-19(24(32)33)28-23(31)17-7-6-15(9-18(17)25)22(30)26-11-14-4-3-5-16(29)8-14/h3-10,12-13,29H,11H2,1-2H3,(H,26,30)(H,28,31)(H,32,33)/b19-10+. The number of carboxylic acid groups (broad SMARTS) is 1. The fourth-order valence-corrected chi connectivity index (χ4v) is 4.36. The Bertz CT molecular complexity index is 1270. The number of carboxylic acids is 1. The fraction of sp³-hybridized carbons (Fsp3) is 0.167. The smallest absolute Gasteiger partial charge is 0.352 e. The lowest BCUT2D eigenvalue weighted by molar-refractivity contribution is -0.132. The van der Waals surface area contributed by atoms with Gasteiger partial charge in [0.05, 0.1) is 11.3 Å². The summed E-state index contributed by atoms with van der Waals surface area (Å²) in [4.78, 5) is 41.2. The molecule has 2 amide bonds. The molecule has 0 aliphatic rings. The van der Waals surface area contributed by atoms with E-state index in [0.717, 1.165) is 11.3 Å². The van der Waals surface area contributed by atoms with Gasteiger partial charge in [-0.15, -0.1) is 11.3 Å². The van der Waals surface area contributed by atoms with E-state index in [1.165, 1.54) is 41.7 Å². The molecule has 0 saturated carbocycles. The van der Waals surface area contributed by atoms with Gasteiger partial charge in [-0.1, -0.05) is 26.0 Å². The molecule has 0 spiro atoms. The lowest BCUT2D eigenvalue weighted by atomic mass is 10.1. The van der Waals surface area contributed by atoms with Crippen LogP contribution < -0.4 is 10.6 Å². The summed E-state index contributed by atoms with van der Waals surface area (Å²) in [5.41, 5.74) is 1.74. The lowest BCUT2D eigenvalue weighted by Gasteiger charge is -2.10. The van der Waals surface area contributed by atoms with Crippen molar-refractivity contribution in [3.05, 3.63) is 85.4 Å². The second-order valence-electron chi connectivity index (χ2n) is 7.63.